The number of thiophene rings is 1. The van der Waals surface area contributed by atoms with Gasteiger partial charge in [0.25, 0.3) is 5.91 Å². The van der Waals surface area contributed by atoms with Crippen LogP contribution >= 0.6 is 11.3 Å². The lowest BCUT2D eigenvalue weighted by Crippen LogP contribution is -2.22. The van der Waals surface area contributed by atoms with Crippen molar-refractivity contribution in [1.29, 1.82) is 0 Å². The molecule has 0 aliphatic heterocycles. The number of hydrogen-bond acceptors (Lipinski definition) is 6. The third kappa shape index (κ3) is 4.39. The Bertz CT molecular complexity index is 662. The highest BCUT2D eigenvalue weighted by molar-refractivity contribution is 7.19. The van der Waals surface area contributed by atoms with Gasteiger partial charge in [-0.3, -0.25) is 4.79 Å². The Morgan fingerprint density at radius 2 is 2.18 bits per heavy atom. The second-order valence-electron chi connectivity index (χ2n) is 6.21. The minimum atomic E-state index is -1.08. The summed E-state index contributed by atoms with van der Waals surface area (Å²) in [7, 11) is -1.08. The average molecular weight is 339 g/mol. The molecule has 0 saturated heterocycles. The summed E-state index contributed by atoms with van der Waals surface area (Å²) in [4.78, 5) is 16.1. The summed E-state index contributed by atoms with van der Waals surface area (Å²) >= 11 is 1.24. The predicted octanol–water partition coefficient (Wildman–Crippen LogP) is 2.00. The van der Waals surface area contributed by atoms with Crippen molar-refractivity contribution in [2.75, 3.05) is 12.3 Å². The first kappa shape index (κ1) is 16.7. The maximum atomic E-state index is 11.2. The molecular formula is C13H21N5O2SSi. The van der Waals surface area contributed by atoms with Gasteiger partial charge < -0.3 is 16.2 Å². The molecule has 0 fully saturated rings. The van der Waals surface area contributed by atoms with Crippen molar-refractivity contribution in [2.24, 2.45) is 5.73 Å². The van der Waals surface area contributed by atoms with Crippen LogP contribution in [0.3, 0.4) is 0 Å². The minimum absolute atomic E-state index is 0.308. The van der Waals surface area contributed by atoms with E-state index in [-0.39, 0.29) is 0 Å². The molecule has 0 saturated carbocycles. The highest BCUT2D eigenvalue weighted by Gasteiger charge is 2.15. The summed E-state index contributed by atoms with van der Waals surface area (Å²) in [5.41, 5.74) is 11.3. The highest BCUT2D eigenvalue weighted by Crippen LogP contribution is 2.31. The van der Waals surface area contributed by atoms with E-state index in [4.69, 9.17) is 16.2 Å². The van der Waals surface area contributed by atoms with Crippen LogP contribution in [0.4, 0.5) is 5.00 Å². The van der Waals surface area contributed by atoms with Gasteiger partial charge in [0, 0.05) is 14.7 Å². The highest BCUT2D eigenvalue weighted by atomic mass is 32.1. The molecule has 0 aliphatic carbocycles. The summed E-state index contributed by atoms with van der Waals surface area (Å²) in [6, 6.07) is 2.73. The molecular weight excluding hydrogens is 318 g/mol. The summed E-state index contributed by atoms with van der Waals surface area (Å²) in [5, 5.41) is 4.70. The number of nitrogens with zero attached hydrogens (tertiary/aromatic N) is 3. The van der Waals surface area contributed by atoms with Crippen molar-refractivity contribution in [2.45, 2.75) is 32.4 Å². The standard InChI is InChI=1S/C13H21N5O2SSi/c1-22(2,3)5-4-20-8-18-7-16-13(17-18)10-6-9(11(14)19)12(15)21-10/h6-7H,4-5,8,15H2,1-3H3,(H2,14,19). The molecule has 7 nitrogen and oxygen atoms in total. The van der Waals surface area contributed by atoms with E-state index in [1.54, 1.807) is 17.1 Å². The molecule has 0 aliphatic rings. The molecule has 2 aromatic rings. The molecule has 0 unspecified atom stereocenters. The first-order valence-electron chi connectivity index (χ1n) is 6.93. The Hall–Kier alpha value is -1.71. The normalized spacial score (nSPS) is 11.8. The van der Waals surface area contributed by atoms with Crippen molar-refractivity contribution in [3.63, 3.8) is 0 Å². The SMILES string of the molecule is C[Si](C)(C)CCOCn1cnc(-c2cc(C(N)=O)c(N)s2)n1. The fraction of sp³-hybridized carbons (Fsp3) is 0.462. The van der Waals surface area contributed by atoms with Crippen molar-refractivity contribution in [3.8, 4) is 10.7 Å². The van der Waals surface area contributed by atoms with E-state index in [2.05, 4.69) is 29.7 Å². The Morgan fingerprint density at radius 1 is 1.45 bits per heavy atom. The number of nitrogen functional groups attached to an aromatic ring is 1. The fourth-order valence-corrected chi connectivity index (χ4v) is 3.34. The quantitative estimate of drug-likeness (QED) is 0.592. The largest absolute Gasteiger partial charge is 0.390 e. The molecule has 0 aromatic carbocycles. The monoisotopic (exact) mass is 339 g/mol. The number of hydrogen-bond donors (Lipinski definition) is 2. The zero-order chi connectivity index (χ0) is 16.3. The van der Waals surface area contributed by atoms with Crippen molar-refractivity contribution in [1.82, 2.24) is 14.8 Å². The first-order chi connectivity index (χ1) is 10.3. The molecule has 0 spiro atoms. The molecule has 22 heavy (non-hydrogen) atoms. The van der Waals surface area contributed by atoms with E-state index in [1.165, 1.54) is 11.3 Å². The van der Waals surface area contributed by atoms with E-state index >= 15 is 0 Å². The molecule has 9 heteroatoms. The third-order valence-corrected chi connectivity index (χ3v) is 5.67. The van der Waals surface area contributed by atoms with Gasteiger partial charge in [-0.25, -0.2) is 9.67 Å². The molecule has 2 aromatic heterocycles. The maximum absolute atomic E-state index is 11.2. The topological polar surface area (TPSA) is 109 Å². The van der Waals surface area contributed by atoms with Gasteiger partial charge in [-0.15, -0.1) is 16.4 Å². The van der Waals surface area contributed by atoms with Gasteiger partial charge in [0.05, 0.1) is 15.4 Å². The lowest BCUT2D eigenvalue weighted by atomic mass is 10.3. The maximum Gasteiger partial charge on any atom is 0.251 e. The smallest absolute Gasteiger partial charge is 0.251 e. The van der Waals surface area contributed by atoms with Gasteiger partial charge in [0.1, 0.15) is 13.1 Å². The molecule has 0 bridgehead atoms. The van der Waals surface area contributed by atoms with Gasteiger partial charge in [-0.05, 0) is 12.1 Å². The van der Waals surface area contributed by atoms with Crippen LogP contribution in [0.1, 0.15) is 10.4 Å². The molecule has 4 N–H and O–H groups in total. The van der Waals surface area contributed by atoms with Crippen LogP contribution in [-0.4, -0.2) is 35.4 Å². The van der Waals surface area contributed by atoms with E-state index < -0.39 is 14.0 Å². The Morgan fingerprint density at radius 3 is 2.77 bits per heavy atom. The number of nitrogens with two attached hydrogens (primary N) is 2. The fourth-order valence-electron chi connectivity index (χ4n) is 1.71. The van der Waals surface area contributed by atoms with Crippen LogP contribution in [0.2, 0.25) is 25.7 Å². The zero-order valence-corrected chi connectivity index (χ0v) is 14.8. The molecule has 1 amide bonds. The van der Waals surface area contributed by atoms with E-state index in [0.717, 1.165) is 12.7 Å². The lowest BCUT2D eigenvalue weighted by Gasteiger charge is -2.15. The van der Waals surface area contributed by atoms with Gasteiger partial charge in [0.2, 0.25) is 0 Å². The number of ether oxygens (including phenoxy) is 1. The second-order valence-corrected chi connectivity index (χ2v) is 12.9. The van der Waals surface area contributed by atoms with Gasteiger partial charge in [-0.2, -0.15) is 0 Å². The molecule has 0 radical (unpaired) electrons. The van der Waals surface area contributed by atoms with Crippen LogP contribution in [0.5, 0.6) is 0 Å². The number of aromatic nitrogens is 3. The van der Waals surface area contributed by atoms with Crippen LogP contribution in [0.25, 0.3) is 10.7 Å². The summed E-state index contributed by atoms with van der Waals surface area (Å²) < 4.78 is 7.24. The predicted molar refractivity (Wildman–Crippen MR) is 90.4 cm³/mol. The summed E-state index contributed by atoms with van der Waals surface area (Å²) in [6.45, 7) is 8.01. The zero-order valence-electron chi connectivity index (χ0n) is 13.0. The third-order valence-electron chi connectivity index (χ3n) is 3.00. The van der Waals surface area contributed by atoms with Crippen LogP contribution in [0, 0.1) is 0 Å². The Balaban J connectivity index is 1.97. The number of primary amides is 1. The van der Waals surface area contributed by atoms with Crippen molar-refractivity contribution < 1.29 is 9.53 Å². The van der Waals surface area contributed by atoms with Crippen LogP contribution < -0.4 is 11.5 Å². The number of carbonyl (C=O) groups excluding carboxylic acids is 1. The van der Waals surface area contributed by atoms with Gasteiger partial charge in [-0.1, -0.05) is 19.6 Å². The van der Waals surface area contributed by atoms with Crippen LogP contribution in [-0.2, 0) is 11.5 Å². The number of amides is 1. The lowest BCUT2D eigenvalue weighted by molar-refractivity contribution is 0.0785. The van der Waals surface area contributed by atoms with E-state index in [1.807, 2.05) is 0 Å². The van der Waals surface area contributed by atoms with Gasteiger partial charge in [0.15, 0.2) is 5.82 Å². The molecule has 2 heterocycles. The van der Waals surface area contributed by atoms with Crippen LogP contribution in [0.15, 0.2) is 12.4 Å². The van der Waals surface area contributed by atoms with Gasteiger partial charge >= 0.3 is 0 Å². The van der Waals surface area contributed by atoms with E-state index in [9.17, 15) is 4.79 Å². The molecule has 2 rings (SSSR count). The Labute approximate surface area is 134 Å². The number of anilines is 1. The average Bonchev–Trinajstić information content (AvgIpc) is 3.00. The summed E-state index contributed by atoms with van der Waals surface area (Å²) in [5.74, 6) is -0.0351. The number of rotatable bonds is 7. The number of carbonyl (C=O) groups is 1. The first-order valence-corrected chi connectivity index (χ1v) is 11.5. The molecule has 120 valence electrons. The summed E-state index contributed by atoms with van der Waals surface area (Å²) in [6.07, 6.45) is 1.60. The van der Waals surface area contributed by atoms with Crippen molar-refractivity contribution >= 4 is 30.3 Å². The van der Waals surface area contributed by atoms with E-state index in [0.29, 0.717) is 28.0 Å². The Kier molecular flexibility index (Phi) is 4.99. The molecule has 0 atom stereocenters. The minimum Gasteiger partial charge on any atom is -0.390 e. The second kappa shape index (κ2) is 6.59. The van der Waals surface area contributed by atoms with Crippen molar-refractivity contribution in [3.05, 3.63) is 18.0 Å².